The summed E-state index contributed by atoms with van der Waals surface area (Å²) in [5, 5.41) is 4.00. The zero-order valence-corrected chi connectivity index (χ0v) is 12.4. The van der Waals surface area contributed by atoms with Crippen molar-refractivity contribution in [3.05, 3.63) is 90.1 Å². The van der Waals surface area contributed by atoms with E-state index in [1.54, 1.807) is 24.5 Å². The molecule has 4 nitrogen and oxygen atoms in total. The number of carbonyl (C=O) groups is 1. The standard InChI is InChI=1S/C19H15N3O/c23-19(17-9-5-2-6-10-17)22-21-14-15-11-12-20-18(13-15)16-7-3-1-4-8-16/h1-14H,(H,22,23). The minimum atomic E-state index is -0.237. The number of aromatic nitrogens is 1. The van der Waals surface area contributed by atoms with E-state index in [1.165, 1.54) is 0 Å². The zero-order valence-electron chi connectivity index (χ0n) is 12.4. The van der Waals surface area contributed by atoms with Crippen LogP contribution in [0.2, 0.25) is 0 Å². The summed E-state index contributed by atoms with van der Waals surface area (Å²) in [6.07, 6.45) is 3.33. The van der Waals surface area contributed by atoms with Crippen LogP contribution in [0.15, 0.2) is 84.1 Å². The van der Waals surface area contributed by atoms with E-state index in [4.69, 9.17) is 0 Å². The van der Waals surface area contributed by atoms with Crippen molar-refractivity contribution >= 4 is 12.1 Å². The Morgan fingerprint density at radius 1 is 0.957 bits per heavy atom. The van der Waals surface area contributed by atoms with E-state index in [-0.39, 0.29) is 5.91 Å². The Morgan fingerprint density at radius 2 is 1.65 bits per heavy atom. The molecule has 0 aliphatic heterocycles. The molecule has 0 atom stereocenters. The van der Waals surface area contributed by atoms with Crippen LogP contribution in [0.25, 0.3) is 11.3 Å². The number of amides is 1. The molecule has 0 unspecified atom stereocenters. The van der Waals surface area contributed by atoms with E-state index in [2.05, 4.69) is 15.5 Å². The highest BCUT2D eigenvalue weighted by Crippen LogP contribution is 2.16. The van der Waals surface area contributed by atoms with Gasteiger partial charge in [0.1, 0.15) is 0 Å². The first-order chi connectivity index (χ1) is 11.3. The maximum atomic E-state index is 11.9. The largest absolute Gasteiger partial charge is 0.271 e. The Bertz CT molecular complexity index is 814. The first-order valence-corrected chi connectivity index (χ1v) is 7.23. The van der Waals surface area contributed by atoms with E-state index in [9.17, 15) is 4.79 Å². The molecule has 0 saturated heterocycles. The van der Waals surface area contributed by atoms with Gasteiger partial charge in [0.15, 0.2) is 0 Å². The summed E-state index contributed by atoms with van der Waals surface area (Å²) in [5.74, 6) is -0.237. The van der Waals surface area contributed by atoms with Crippen LogP contribution in [-0.4, -0.2) is 17.1 Å². The lowest BCUT2D eigenvalue weighted by Crippen LogP contribution is -2.17. The van der Waals surface area contributed by atoms with Gasteiger partial charge in [0.25, 0.3) is 5.91 Å². The van der Waals surface area contributed by atoms with Crippen molar-refractivity contribution in [2.45, 2.75) is 0 Å². The topological polar surface area (TPSA) is 54.4 Å². The third-order valence-electron chi connectivity index (χ3n) is 3.27. The average molecular weight is 301 g/mol. The van der Waals surface area contributed by atoms with Crippen LogP contribution in [0.1, 0.15) is 15.9 Å². The summed E-state index contributed by atoms with van der Waals surface area (Å²) in [6.45, 7) is 0. The highest BCUT2D eigenvalue weighted by molar-refractivity contribution is 5.94. The smallest absolute Gasteiger partial charge is 0.267 e. The summed E-state index contributed by atoms with van der Waals surface area (Å²) in [4.78, 5) is 16.2. The average Bonchev–Trinajstić information content (AvgIpc) is 2.63. The Morgan fingerprint density at radius 3 is 2.39 bits per heavy atom. The van der Waals surface area contributed by atoms with Crippen molar-refractivity contribution in [1.82, 2.24) is 10.4 Å². The second kappa shape index (κ2) is 7.13. The van der Waals surface area contributed by atoms with Crippen LogP contribution in [0.3, 0.4) is 0 Å². The number of nitrogens with zero attached hydrogens (tertiary/aromatic N) is 2. The number of benzene rings is 2. The summed E-state index contributed by atoms with van der Waals surface area (Å²) >= 11 is 0. The number of hydrazone groups is 1. The van der Waals surface area contributed by atoms with Gasteiger partial charge >= 0.3 is 0 Å². The number of rotatable bonds is 4. The molecular weight excluding hydrogens is 286 g/mol. The highest BCUT2D eigenvalue weighted by atomic mass is 16.2. The second-order valence-electron chi connectivity index (χ2n) is 4.91. The van der Waals surface area contributed by atoms with E-state index >= 15 is 0 Å². The van der Waals surface area contributed by atoms with Gasteiger partial charge in [-0.1, -0.05) is 48.5 Å². The van der Waals surface area contributed by atoms with Crippen molar-refractivity contribution < 1.29 is 4.79 Å². The fourth-order valence-electron chi connectivity index (χ4n) is 2.11. The first-order valence-electron chi connectivity index (χ1n) is 7.23. The molecule has 0 radical (unpaired) electrons. The fourth-order valence-corrected chi connectivity index (χ4v) is 2.11. The Balaban J connectivity index is 1.70. The highest BCUT2D eigenvalue weighted by Gasteiger charge is 2.02. The molecule has 2 aromatic carbocycles. The van der Waals surface area contributed by atoms with E-state index in [0.29, 0.717) is 5.56 Å². The number of hydrogen-bond acceptors (Lipinski definition) is 3. The van der Waals surface area contributed by atoms with E-state index in [1.807, 2.05) is 60.7 Å². The summed E-state index contributed by atoms with van der Waals surface area (Å²) in [7, 11) is 0. The zero-order chi connectivity index (χ0) is 15.9. The van der Waals surface area contributed by atoms with E-state index < -0.39 is 0 Å². The van der Waals surface area contributed by atoms with Crippen LogP contribution in [-0.2, 0) is 0 Å². The van der Waals surface area contributed by atoms with Gasteiger partial charge in [0.2, 0.25) is 0 Å². The molecule has 4 heteroatoms. The molecule has 0 bridgehead atoms. The van der Waals surface area contributed by atoms with Gasteiger partial charge in [-0.25, -0.2) is 5.43 Å². The number of pyridine rings is 1. The molecule has 0 saturated carbocycles. The van der Waals surface area contributed by atoms with Gasteiger partial charge in [0, 0.05) is 17.3 Å². The van der Waals surface area contributed by atoms with Crippen molar-refractivity contribution in [2.75, 3.05) is 0 Å². The van der Waals surface area contributed by atoms with Crippen LogP contribution < -0.4 is 5.43 Å². The number of nitrogens with one attached hydrogen (secondary N) is 1. The van der Waals surface area contributed by atoms with Crippen LogP contribution >= 0.6 is 0 Å². The molecule has 112 valence electrons. The van der Waals surface area contributed by atoms with Crippen LogP contribution in [0.4, 0.5) is 0 Å². The molecular formula is C19H15N3O. The Labute approximate surface area is 134 Å². The Kier molecular flexibility index (Phi) is 4.55. The van der Waals surface area contributed by atoms with Crippen molar-refractivity contribution in [3.63, 3.8) is 0 Å². The SMILES string of the molecule is O=C(NN=Cc1ccnc(-c2ccccc2)c1)c1ccccc1. The maximum Gasteiger partial charge on any atom is 0.271 e. The van der Waals surface area contributed by atoms with Crippen molar-refractivity contribution in [3.8, 4) is 11.3 Å². The molecule has 1 N–H and O–H groups in total. The molecule has 1 heterocycles. The number of carbonyl (C=O) groups excluding carboxylic acids is 1. The van der Waals surface area contributed by atoms with Gasteiger partial charge < -0.3 is 0 Å². The minimum absolute atomic E-state index is 0.237. The third kappa shape index (κ3) is 3.89. The van der Waals surface area contributed by atoms with Crippen LogP contribution in [0.5, 0.6) is 0 Å². The molecule has 23 heavy (non-hydrogen) atoms. The molecule has 1 amide bonds. The predicted octanol–water partition coefficient (Wildman–Crippen LogP) is 3.51. The van der Waals surface area contributed by atoms with Gasteiger partial charge in [-0.15, -0.1) is 0 Å². The van der Waals surface area contributed by atoms with Crippen molar-refractivity contribution in [2.24, 2.45) is 5.10 Å². The van der Waals surface area contributed by atoms with Gasteiger partial charge in [-0.2, -0.15) is 5.10 Å². The summed E-state index contributed by atoms with van der Waals surface area (Å²) in [5.41, 5.74) is 5.86. The molecule has 0 aliphatic rings. The third-order valence-corrected chi connectivity index (χ3v) is 3.27. The first kappa shape index (κ1) is 14.7. The quantitative estimate of drug-likeness (QED) is 0.592. The van der Waals surface area contributed by atoms with Gasteiger partial charge in [0.05, 0.1) is 11.9 Å². The molecule has 0 aliphatic carbocycles. The van der Waals surface area contributed by atoms with Crippen molar-refractivity contribution in [1.29, 1.82) is 0 Å². The lowest BCUT2D eigenvalue weighted by atomic mass is 10.1. The van der Waals surface area contributed by atoms with Gasteiger partial charge in [-0.3, -0.25) is 9.78 Å². The molecule has 0 fully saturated rings. The Hall–Kier alpha value is -3.27. The normalized spacial score (nSPS) is 10.6. The lowest BCUT2D eigenvalue weighted by molar-refractivity contribution is 0.0955. The summed E-state index contributed by atoms with van der Waals surface area (Å²) < 4.78 is 0. The number of hydrogen-bond donors (Lipinski definition) is 1. The van der Waals surface area contributed by atoms with Gasteiger partial charge in [-0.05, 0) is 29.8 Å². The minimum Gasteiger partial charge on any atom is -0.267 e. The maximum absolute atomic E-state index is 11.9. The predicted molar refractivity (Wildman–Crippen MR) is 91.2 cm³/mol. The molecule has 0 spiro atoms. The second-order valence-corrected chi connectivity index (χ2v) is 4.91. The molecule has 3 aromatic rings. The van der Waals surface area contributed by atoms with E-state index in [0.717, 1.165) is 16.8 Å². The fraction of sp³-hybridized carbons (Fsp3) is 0. The monoisotopic (exact) mass is 301 g/mol. The molecule has 3 rings (SSSR count). The molecule has 1 aromatic heterocycles. The summed E-state index contributed by atoms with van der Waals surface area (Å²) in [6, 6.07) is 22.6. The van der Waals surface area contributed by atoms with Crippen LogP contribution in [0, 0.1) is 0 Å². The lowest BCUT2D eigenvalue weighted by Gasteiger charge is -2.02.